The molecular weight excluding hydrogens is 471 g/mol. The van der Waals surface area contributed by atoms with Gasteiger partial charge in [0.25, 0.3) is 0 Å². The predicted molar refractivity (Wildman–Crippen MR) is 142 cm³/mol. The van der Waals surface area contributed by atoms with E-state index in [0.717, 1.165) is 58.8 Å². The molecule has 1 fully saturated rings. The Morgan fingerprint density at radius 2 is 1.92 bits per heavy atom. The summed E-state index contributed by atoms with van der Waals surface area (Å²) >= 11 is 0. The number of aromatic nitrogens is 6. The summed E-state index contributed by atoms with van der Waals surface area (Å²) in [7, 11) is 3.48. The van der Waals surface area contributed by atoms with Crippen LogP contribution in [0.25, 0.3) is 44.5 Å². The maximum absolute atomic E-state index is 15.0. The van der Waals surface area contributed by atoms with Gasteiger partial charge in [-0.05, 0) is 36.3 Å². The molecular formula is C28H31FN6O2. The number of halogens is 1. The summed E-state index contributed by atoms with van der Waals surface area (Å²) in [5.41, 5.74) is 5.92. The molecule has 6 rings (SSSR count). The first-order valence-corrected chi connectivity index (χ1v) is 12.9. The van der Waals surface area contributed by atoms with Crippen molar-refractivity contribution in [3.63, 3.8) is 0 Å². The van der Waals surface area contributed by atoms with Gasteiger partial charge in [0.2, 0.25) is 5.95 Å². The molecule has 0 saturated heterocycles. The Kier molecular flexibility index (Phi) is 5.75. The van der Waals surface area contributed by atoms with Crippen molar-refractivity contribution in [2.24, 2.45) is 14.1 Å². The number of pyridine rings is 1. The summed E-state index contributed by atoms with van der Waals surface area (Å²) in [5.74, 6) is -0.353. The van der Waals surface area contributed by atoms with Crippen LogP contribution < -0.4 is 5.69 Å². The third-order valence-electron chi connectivity index (χ3n) is 7.94. The van der Waals surface area contributed by atoms with E-state index in [2.05, 4.69) is 34.1 Å². The molecule has 9 heteroatoms. The number of rotatable bonds is 6. The highest BCUT2D eigenvalue weighted by Crippen LogP contribution is 2.43. The zero-order valence-electron chi connectivity index (χ0n) is 21.3. The first kappa shape index (κ1) is 23.7. The fourth-order valence-corrected chi connectivity index (χ4v) is 5.94. The Labute approximate surface area is 213 Å². The number of nitrogens with zero attached hydrogens (tertiary/aromatic N) is 5. The summed E-state index contributed by atoms with van der Waals surface area (Å²) in [6, 6.07) is 8.30. The molecule has 0 radical (unpaired) electrons. The molecule has 0 amide bonds. The van der Waals surface area contributed by atoms with Gasteiger partial charge in [-0.2, -0.15) is 4.39 Å². The number of H-pyrrole nitrogens is 1. The molecule has 0 bridgehead atoms. The van der Waals surface area contributed by atoms with Crippen molar-refractivity contribution in [2.75, 3.05) is 6.61 Å². The lowest BCUT2D eigenvalue weighted by Gasteiger charge is -2.14. The Bertz CT molecular complexity index is 1670. The van der Waals surface area contributed by atoms with Gasteiger partial charge in [-0.15, -0.1) is 5.10 Å². The van der Waals surface area contributed by atoms with Crippen molar-refractivity contribution in [3.8, 4) is 22.4 Å². The number of aliphatic hydroxyl groups excluding tert-OH is 1. The fraction of sp³-hybridized carbons (Fsp3) is 0.393. The topological polar surface area (TPSA) is 93.7 Å². The van der Waals surface area contributed by atoms with Crippen LogP contribution in [0.3, 0.4) is 0 Å². The van der Waals surface area contributed by atoms with Crippen LogP contribution in [0.5, 0.6) is 0 Å². The van der Waals surface area contributed by atoms with Crippen LogP contribution in [-0.4, -0.2) is 40.6 Å². The van der Waals surface area contributed by atoms with Crippen LogP contribution in [0.4, 0.5) is 4.39 Å². The largest absolute Gasteiger partial charge is 0.396 e. The third-order valence-corrected chi connectivity index (χ3v) is 7.94. The van der Waals surface area contributed by atoms with Gasteiger partial charge in [0, 0.05) is 38.5 Å². The van der Waals surface area contributed by atoms with E-state index in [0.29, 0.717) is 23.3 Å². The van der Waals surface area contributed by atoms with Crippen molar-refractivity contribution in [1.29, 1.82) is 0 Å². The molecule has 1 aliphatic carbocycles. The van der Waals surface area contributed by atoms with Gasteiger partial charge in [-0.1, -0.05) is 44.0 Å². The van der Waals surface area contributed by atoms with E-state index in [1.165, 1.54) is 4.68 Å². The minimum atomic E-state index is -0.569. The summed E-state index contributed by atoms with van der Waals surface area (Å²) in [5, 5.41) is 14.1. The quantitative estimate of drug-likeness (QED) is 0.341. The van der Waals surface area contributed by atoms with Gasteiger partial charge in [-0.3, -0.25) is 13.8 Å². The smallest absolute Gasteiger partial charge is 0.329 e. The van der Waals surface area contributed by atoms with Crippen LogP contribution in [0.1, 0.15) is 56.6 Å². The van der Waals surface area contributed by atoms with Gasteiger partial charge in [0.05, 0.1) is 33.9 Å². The third kappa shape index (κ3) is 3.71. The zero-order valence-corrected chi connectivity index (χ0v) is 21.3. The van der Waals surface area contributed by atoms with Gasteiger partial charge in [0.15, 0.2) is 0 Å². The van der Waals surface area contributed by atoms with E-state index in [1.807, 2.05) is 16.7 Å². The van der Waals surface area contributed by atoms with Gasteiger partial charge in [0.1, 0.15) is 5.65 Å². The second-order valence-electron chi connectivity index (χ2n) is 10.3. The number of hydrogen-bond acceptors (Lipinski definition) is 4. The molecule has 1 atom stereocenters. The number of aliphatic hydroxyl groups is 1. The van der Waals surface area contributed by atoms with Crippen LogP contribution >= 0.6 is 0 Å². The van der Waals surface area contributed by atoms with Crippen molar-refractivity contribution in [2.45, 2.75) is 51.0 Å². The molecule has 1 aliphatic rings. The number of aromatic amines is 1. The number of benzene rings is 1. The Morgan fingerprint density at radius 1 is 1.19 bits per heavy atom. The Morgan fingerprint density at radius 3 is 2.57 bits per heavy atom. The van der Waals surface area contributed by atoms with Crippen LogP contribution in [0, 0.1) is 5.95 Å². The molecule has 1 saturated carbocycles. The number of fused-ring (bicyclic) bond motifs is 3. The monoisotopic (exact) mass is 502 g/mol. The van der Waals surface area contributed by atoms with E-state index in [-0.39, 0.29) is 24.3 Å². The summed E-state index contributed by atoms with van der Waals surface area (Å²) < 4.78 is 20.1. The number of hydrogen-bond donors (Lipinski definition) is 2. The lowest BCUT2D eigenvalue weighted by Crippen LogP contribution is -2.24. The second kappa shape index (κ2) is 8.99. The number of nitrogens with one attached hydrogen (secondary N) is 1. The van der Waals surface area contributed by atoms with Crippen molar-refractivity contribution < 1.29 is 9.50 Å². The fourth-order valence-electron chi connectivity index (χ4n) is 5.94. The van der Waals surface area contributed by atoms with E-state index in [4.69, 9.17) is 0 Å². The van der Waals surface area contributed by atoms with Gasteiger partial charge in [-0.25, -0.2) is 9.78 Å². The molecule has 1 aromatic carbocycles. The highest BCUT2D eigenvalue weighted by atomic mass is 19.1. The normalized spacial score (nSPS) is 15.4. The minimum Gasteiger partial charge on any atom is -0.396 e. The van der Waals surface area contributed by atoms with Gasteiger partial charge >= 0.3 is 5.69 Å². The van der Waals surface area contributed by atoms with E-state index in [1.54, 1.807) is 31.1 Å². The molecule has 192 valence electrons. The van der Waals surface area contributed by atoms with Crippen molar-refractivity contribution in [3.05, 3.63) is 58.7 Å². The first-order chi connectivity index (χ1) is 17.9. The highest BCUT2D eigenvalue weighted by molar-refractivity contribution is 6.14. The molecule has 2 N–H and O–H groups in total. The predicted octanol–water partition coefficient (Wildman–Crippen LogP) is 5.02. The average molecular weight is 503 g/mol. The molecule has 4 heterocycles. The summed E-state index contributed by atoms with van der Waals surface area (Å²) in [4.78, 5) is 21.5. The lowest BCUT2D eigenvalue weighted by molar-refractivity contribution is 0.278. The van der Waals surface area contributed by atoms with Crippen LogP contribution in [0.15, 0.2) is 41.5 Å². The van der Waals surface area contributed by atoms with E-state index in [9.17, 15) is 9.90 Å². The van der Waals surface area contributed by atoms with Gasteiger partial charge < -0.3 is 10.1 Å². The number of aryl methyl sites for hydroxylation is 2. The Balaban J connectivity index is 1.69. The summed E-state index contributed by atoms with van der Waals surface area (Å²) in [6.45, 7) is 2.22. The van der Waals surface area contributed by atoms with E-state index >= 15 is 4.39 Å². The SMILES string of the molecule is CC(CCO)c1ccc(-c2c(-c3cn(C)nc3F)[nH]c3ncc4c(c23)n(C2CCCC2)c(=O)n4C)cc1. The first-order valence-electron chi connectivity index (χ1n) is 12.9. The number of imidazole rings is 1. The molecule has 5 aromatic rings. The molecule has 0 aliphatic heterocycles. The minimum absolute atomic E-state index is 0.0503. The molecule has 4 aromatic heterocycles. The van der Waals surface area contributed by atoms with Crippen LogP contribution in [-0.2, 0) is 14.1 Å². The van der Waals surface area contributed by atoms with Crippen molar-refractivity contribution >= 4 is 22.1 Å². The summed E-state index contributed by atoms with van der Waals surface area (Å²) in [6.07, 6.45) is 8.19. The highest BCUT2D eigenvalue weighted by Gasteiger charge is 2.28. The maximum atomic E-state index is 15.0. The molecule has 8 nitrogen and oxygen atoms in total. The molecule has 37 heavy (non-hydrogen) atoms. The van der Waals surface area contributed by atoms with Crippen molar-refractivity contribution in [1.82, 2.24) is 28.9 Å². The van der Waals surface area contributed by atoms with Crippen LogP contribution in [0.2, 0.25) is 0 Å². The maximum Gasteiger partial charge on any atom is 0.329 e. The Hall–Kier alpha value is -3.72. The standard InChI is InChI=1S/C28H31FN6O2/c1-16(12-13-36)17-8-10-18(11-9-17)22-23-25-21(34(3)28(37)35(25)19-6-4-5-7-19)14-30-27(23)31-24(22)20-15-33(2)32-26(20)29/h8-11,14-16,19,36H,4-7,12-13H2,1-3H3,(H,30,31). The average Bonchev–Trinajstić information content (AvgIpc) is 3.66. The van der Waals surface area contributed by atoms with E-state index < -0.39 is 5.95 Å². The molecule has 0 spiro atoms. The zero-order chi connectivity index (χ0) is 25.8. The molecule has 1 unspecified atom stereocenters. The lowest BCUT2D eigenvalue weighted by atomic mass is 9.94. The second-order valence-corrected chi connectivity index (χ2v) is 10.3.